The second-order valence-electron chi connectivity index (χ2n) is 7.65. The Hall–Kier alpha value is -2.44. The Morgan fingerprint density at radius 2 is 1.68 bits per heavy atom. The highest BCUT2D eigenvalue weighted by Gasteiger charge is 2.29. The number of carbonyl (C=O) groups excluding carboxylic acids is 1. The normalized spacial score (nSPS) is 19.5. The molecule has 0 N–H and O–H groups in total. The molecular formula is C22H28N4O2. The first kappa shape index (κ1) is 18.9. The number of rotatable bonds is 4. The number of likely N-dealkylation sites (N-methyl/N-ethyl adjacent to an activating group) is 1. The fourth-order valence-electron chi connectivity index (χ4n) is 4.00. The smallest absolute Gasteiger partial charge is 0.272 e. The molecule has 2 aliphatic rings. The molecule has 6 heteroatoms. The molecular weight excluding hydrogens is 352 g/mol. The Balaban J connectivity index is 1.34. The van der Waals surface area contributed by atoms with Gasteiger partial charge in [-0.3, -0.25) is 14.7 Å². The molecule has 4 rings (SSSR count). The number of ether oxygens (including phenoxy) is 1. The number of benzene rings is 1. The molecule has 2 aliphatic heterocycles. The minimum absolute atomic E-state index is 0.00432. The Kier molecular flexibility index (Phi) is 5.88. The van der Waals surface area contributed by atoms with Crippen LogP contribution >= 0.6 is 0 Å². The molecule has 1 aromatic heterocycles. The molecule has 2 fully saturated rings. The highest BCUT2D eigenvalue weighted by molar-refractivity contribution is 5.92. The van der Waals surface area contributed by atoms with Gasteiger partial charge >= 0.3 is 0 Å². The van der Waals surface area contributed by atoms with E-state index in [-0.39, 0.29) is 5.91 Å². The molecule has 0 aliphatic carbocycles. The van der Waals surface area contributed by atoms with E-state index >= 15 is 0 Å². The highest BCUT2D eigenvalue weighted by Crippen LogP contribution is 2.23. The molecule has 2 saturated heterocycles. The van der Waals surface area contributed by atoms with Crippen LogP contribution in [0.4, 0.5) is 0 Å². The summed E-state index contributed by atoms with van der Waals surface area (Å²) in [6.45, 7) is 6.13. The monoisotopic (exact) mass is 380 g/mol. The lowest BCUT2D eigenvalue weighted by atomic mass is 10.0. The predicted octanol–water partition coefficient (Wildman–Crippen LogP) is 2.73. The van der Waals surface area contributed by atoms with E-state index in [0.717, 1.165) is 57.9 Å². The molecule has 0 spiro atoms. The second kappa shape index (κ2) is 8.71. The van der Waals surface area contributed by atoms with Crippen molar-refractivity contribution in [1.29, 1.82) is 0 Å². The summed E-state index contributed by atoms with van der Waals surface area (Å²) in [7, 11) is 2.18. The van der Waals surface area contributed by atoms with Crippen molar-refractivity contribution in [3.63, 3.8) is 0 Å². The standard InChI is InChI=1S/C22H28N4O2/c1-24-13-15-25(16-14-24)18-8-11-26(12-9-18)22(27)21-17-20(7-10-23-21)28-19-5-3-2-4-6-19/h2-7,10,17-18H,8-9,11-16H2,1H3. The van der Waals surface area contributed by atoms with Gasteiger partial charge in [0.1, 0.15) is 17.2 Å². The summed E-state index contributed by atoms with van der Waals surface area (Å²) in [5, 5.41) is 0. The molecule has 0 bridgehead atoms. The second-order valence-corrected chi connectivity index (χ2v) is 7.65. The van der Waals surface area contributed by atoms with Crippen LogP contribution in [-0.2, 0) is 0 Å². The molecule has 0 radical (unpaired) electrons. The van der Waals surface area contributed by atoms with Gasteiger partial charge in [0.05, 0.1) is 0 Å². The first-order chi connectivity index (χ1) is 13.7. The fourth-order valence-corrected chi connectivity index (χ4v) is 4.00. The average Bonchev–Trinajstić information content (AvgIpc) is 2.75. The molecule has 2 aromatic rings. The number of para-hydroxylation sites is 1. The number of likely N-dealkylation sites (tertiary alicyclic amines) is 1. The Morgan fingerprint density at radius 1 is 0.964 bits per heavy atom. The van der Waals surface area contributed by atoms with Gasteiger partial charge in [-0.05, 0) is 38.1 Å². The SMILES string of the molecule is CN1CCN(C2CCN(C(=O)c3cc(Oc4ccccc4)ccn3)CC2)CC1. The Morgan fingerprint density at radius 3 is 2.39 bits per heavy atom. The zero-order chi connectivity index (χ0) is 19.3. The van der Waals surface area contributed by atoms with Crippen LogP contribution in [0.2, 0.25) is 0 Å². The van der Waals surface area contributed by atoms with Crippen LogP contribution in [-0.4, -0.2) is 77.9 Å². The first-order valence-corrected chi connectivity index (χ1v) is 10.1. The third kappa shape index (κ3) is 4.51. The average molecular weight is 380 g/mol. The molecule has 0 saturated carbocycles. The lowest BCUT2D eigenvalue weighted by Gasteiger charge is -2.42. The van der Waals surface area contributed by atoms with Crippen LogP contribution in [0.15, 0.2) is 48.7 Å². The molecule has 3 heterocycles. The van der Waals surface area contributed by atoms with Gasteiger partial charge in [-0.1, -0.05) is 18.2 Å². The van der Waals surface area contributed by atoms with Gasteiger partial charge in [0, 0.05) is 57.6 Å². The van der Waals surface area contributed by atoms with Crippen molar-refractivity contribution in [2.45, 2.75) is 18.9 Å². The minimum Gasteiger partial charge on any atom is -0.457 e. The van der Waals surface area contributed by atoms with Crippen LogP contribution in [0, 0.1) is 0 Å². The van der Waals surface area contributed by atoms with Gasteiger partial charge < -0.3 is 14.5 Å². The maximum atomic E-state index is 12.9. The number of hydrogen-bond acceptors (Lipinski definition) is 5. The maximum absolute atomic E-state index is 12.9. The zero-order valence-corrected chi connectivity index (χ0v) is 16.5. The topological polar surface area (TPSA) is 48.9 Å². The molecule has 28 heavy (non-hydrogen) atoms. The number of amides is 1. The number of nitrogens with zero attached hydrogens (tertiary/aromatic N) is 4. The summed E-state index contributed by atoms with van der Waals surface area (Å²) in [6.07, 6.45) is 3.72. The number of piperazine rings is 1. The molecule has 148 valence electrons. The van der Waals surface area contributed by atoms with Gasteiger partial charge in [-0.25, -0.2) is 0 Å². The van der Waals surface area contributed by atoms with Crippen molar-refractivity contribution in [3.8, 4) is 11.5 Å². The van der Waals surface area contributed by atoms with Crippen LogP contribution in [0.3, 0.4) is 0 Å². The maximum Gasteiger partial charge on any atom is 0.272 e. The summed E-state index contributed by atoms with van der Waals surface area (Å²) in [4.78, 5) is 24.1. The van der Waals surface area contributed by atoms with E-state index in [9.17, 15) is 4.79 Å². The molecule has 1 aromatic carbocycles. The molecule has 0 unspecified atom stereocenters. The largest absolute Gasteiger partial charge is 0.457 e. The van der Waals surface area contributed by atoms with Gasteiger partial charge in [-0.2, -0.15) is 0 Å². The number of piperidine rings is 1. The van der Waals surface area contributed by atoms with Crippen molar-refractivity contribution >= 4 is 5.91 Å². The molecule has 6 nitrogen and oxygen atoms in total. The van der Waals surface area contributed by atoms with Crippen molar-refractivity contribution in [1.82, 2.24) is 19.7 Å². The van der Waals surface area contributed by atoms with E-state index in [1.54, 1.807) is 18.3 Å². The van der Waals surface area contributed by atoms with Crippen molar-refractivity contribution in [3.05, 3.63) is 54.4 Å². The van der Waals surface area contributed by atoms with Crippen LogP contribution < -0.4 is 4.74 Å². The van der Waals surface area contributed by atoms with E-state index in [0.29, 0.717) is 17.5 Å². The van der Waals surface area contributed by atoms with E-state index in [4.69, 9.17) is 4.74 Å². The summed E-state index contributed by atoms with van der Waals surface area (Å²) >= 11 is 0. The first-order valence-electron chi connectivity index (χ1n) is 10.1. The number of aromatic nitrogens is 1. The predicted molar refractivity (Wildman–Crippen MR) is 109 cm³/mol. The van der Waals surface area contributed by atoms with E-state index in [2.05, 4.69) is 21.8 Å². The summed E-state index contributed by atoms with van der Waals surface area (Å²) in [5.74, 6) is 1.38. The summed E-state index contributed by atoms with van der Waals surface area (Å²) in [5.41, 5.74) is 0.450. The van der Waals surface area contributed by atoms with Crippen molar-refractivity contribution in [2.24, 2.45) is 0 Å². The lowest BCUT2D eigenvalue weighted by molar-refractivity contribution is 0.0514. The van der Waals surface area contributed by atoms with E-state index in [1.807, 2.05) is 35.2 Å². The van der Waals surface area contributed by atoms with Crippen molar-refractivity contribution in [2.75, 3.05) is 46.3 Å². The minimum atomic E-state index is -0.00432. The van der Waals surface area contributed by atoms with Crippen LogP contribution in [0.25, 0.3) is 0 Å². The third-order valence-electron chi connectivity index (χ3n) is 5.74. The highest BCUT2D eigenvalue weighted by atomic mass is 16.5. The third-order valence-corrected chi connectivity index (χ3v) is 5.74. The Bertz CT molecular complexity index is 782. The summed E-state index contributed by atoms with van der Waals surface area (Å²) in [6, 6.07) is 13.7. The van der Waals surface area contributed by atoms with Gasteiger partial charge in [-0.15, -0.1) is 0 Å². The van der Waals surface area contributed by atoms with Crippen LogP contribution in [0.1, 0.15) is 23.3 Å². The van der Waals surface area contributed by atoms with Gasteiger partial charge in [0.15, 0.2) is 0 Å². The lowest BCUT2D eigenvalue weighted by Crippen LogP contribution is -2.53. The van der Waals surface area contributed by atoms with E-state index < -0.39 is 0 Å². The number of pyridine rings is 1. The van der Waals surface area contributed by atoms with E-state index in [1.165, 1.54) is 0 Å². The summed E-state index contributed by atoms with van der Waals surface area (Å²) < 4.78 is 5.84. The van der Waals surface area contributed by atoms with Gasteiger partial charge in [0.2, 0.25) is 0 Å². The molecule has 1 amide bonds. The molecule has 0 atom stereocenters. The number of carbonyl (C=O) groups is 1. The number of hydrogen-bond donors (Lipinski definition) is 0. The Labute approximate surface area is 166 Å². The van der Waals surface area contributed by atoms with Gasteiger partial charge in [0.25, 0.3) is 5.91 Å². The fraction of sp³-hybridized carbons (Fsp3) is 0.455. The quantitative estimate of drug-likeness (QED) is 0.816. The van der Waals surface area contributed by atoms with Crippen LogP contribution in [0.5, 0.6) is 11.5 Å². The zero-order valence-electron chi connectivity index (χ0n) is 16.5. The van der Waals surface area contributed by atoms with Crippen molar-refractivity contribution < 1.29 is 9.53 Å².